The number of nitrogens with zero attached hydrogens (tertiary/aromatic N) is 3. The van der Waals surface area contributed by atoms with Crippen molar-refractivity contribution in [3.05, 3.63) is 59.7 Å². The fourth-order valence-electron chi connectivity index (χ4n) is 4.62. The Kier molecular flexibility index (Phi) is 7.08. The van der Waals surface area contributed by atoms with Gasteiger partial charge in [-0.05, 0) is 60.2 Å². The molecule has 2 heterocycles. The van der Waals surface area contributed by atoms with Crippen molar-refractivity contribution in [3.8, 4) is 17.2 Å². The molecule has 0 bridgehead atoms. The van der Waals surface area contributed by atoms with Gasteiger partial charge < -0.3 is 25.0 Å². The molecule has 0 unspecified atom stereocenters. The lowest BCUT2D eigenvalue weighted by Crippen LogP contribution is -2.46. The van der Waals surface area contributed by atoms with E-state index in [4.69, 9.17) is 20.1 Å². The number of piperidine rings is 1. The van der Waals surface area contributed by atoms with Crippen molar-refractivity contribution >= 4 is 11.4 Å². The topological polar surface area (TPSA) is 72.6 Å². The molecular weight excluding hydrogens is 416 g/mol. The number of allylic oxidation sites excluding steroid dienone is 1. The molecule has 1 fully saturated rings. The van der Waals surface area contributed by atoms with Gasteiger partial charge in [-0.1, -0.05) is 25.6 Å². The van der Waals surface area contributed by atoms with Crippen LogP contribution in [-0.2, 0) is 6.54 Å². The Morgan fingerprint density at radius 2 is 1.91 bits per heavy atom. The van der Waals surface area contributed by atoms with E-state index in [9.17, 15) is 0 Å². The van der Waals surface area contributed by atoms with Crippen LogP contribution in [0, 0.1) is 0 Å². The maximum Gasteiger partial charge on any atom is 0.231 e. The Morgan fingerprint density at radius 1 is 1.15 bits per heavy atom. The van der Waals surface area contributed by atoms with E-state index in [-0.39, 0.29) is 0 Å². The van der Waals surface area contributed by atoms with Gasteiger partial charge in [0.1, 0.15) is 5.75 Å². The summed E-state index contributed by atoms with van der Waals surface area (Å²) in [6, 6.07) is 12.6. The lowest BCUT2D eigenvalue weighted by molar-refractivity contribution is 0.159. The Balaban J connectivity index is 1.43. The number of rotatable bonds is 7. The highest BCUT2D eigenvalue weighted by atomic mass is 16.7. The third-order valence-corrected chi connectivity index (χ3v) is 6.68. The fraction of sp³-hybridized carbons (Fsp3) is 0.423. The molecule has 176 valence electrons. The average Bonchev–Trinajstić information content (AvgIpc) is 3.32. The molecule has 0 spiro atoms. The minimum Gasteiger partial charge on any atom is -0.497 e. The van der Waals surface area contributed by atoms with E-state index in [0.717, 1.165) is 78.7 Å². The number of hydrogen-bond donors (Lipinski definition) is 1. The summed E-state index contributed by atoms with van der Waals surface area (Å²) in [6.45, 7) is 9.57. The molecule has 33 heavy (non-hydrogen) atoms. The molecule has 2 aliphatic heterocycles. The van der Waals surface area contributed by atoms with Crippen LogP contribution in [0.25, 0.3) is 5.57 Å². The van der Waals surface area contributed by atoms with E-state index in [1.165, 1.54) is 5.56 Å². The van der Waals surface area contributed by atoms with Crippen molar-refractivity contribution in [2.45, 2.75) is 38.8 Å². The lowest BCUT2D eigenvalue weighted by Gasteiger charge is -2.38. The third-order valence-electron chi connectivity index (χ3n) is 6.68. The summed E-state index contributed by atoms with van der Waals surface area (Å²) < 4.78 is 16.4. The molecule has 0 amide bonds. The number of benzene rings is 2. The highest BCUT2D eigenvalue weighted by molar-refractivity contribution is 6.03. The van der Waals surface area contributed by atoms with Crippen LogP contribution < -0.4 is 20.1 Å². The van der Waals surface area contributed by atoms with Gasteiger partial charge in [-0.3, -0.25) is 4.90 Å². The van der Waals surface area contributed by atoms with Crippen LogP contribution in [-0.4, -0.2) is 55.7 Å². The molecule has 2 aromatic rings. The summed E-state index contributed by atoms with van der Waals surface area (Å²) in [4.78, 5) is 4.70. The quantitative estimate of drug-likeness (QED) is 0.297. The van der Waals surface area contributed by atoms with Gasteiger partial charge in [0.2, 0.25) is 6.79 Å². The first kappa shape index (κ1) is 23.0. The molecule has 2 aromatic carbocycles. The molecule has 0 atom stereocenters. The zero-order valence-corrected chi connectivity index (χ0v) is 19.8. The summed E-state index contributed by atoms with van der Waals surface area (Å²) >= 11 is 0. The third kappa shape index (κ3) is 4.93. The summed E-state index contributed by atoms with van der Waals surface area (Å²) in [5.74, 6) is 9.16. The molecule has 1 saturated heterocycles. The smallest absolute Gasteiger partial charge is 0.231 e. The number of fused-ring (bicyclic) bond motifs is 1. The molecule has 0 aliphatic carbocycles. The van der Waals surface area contributed by atoms with Crippen molar-refractivity contribution in [1.82, 2.24) is 9.80 Å². The summed E-state index contributed by atoms with van der Waals surface area (Å²) in [5, 5.41) is 4.21. The van der Waals surface area contributed by atoms with Gasteiger partial charge in [-0.25, -0.2) is 0 Å². The van der Waals surface area contributed by atoms with Crippen LogP contribution in [0.15, 0.2) is 48.1 Å². The predicted octanol–water partition coefficient (Wildman–Crippen LogP) is 4.06. The van der Waals surface area contributed by atoms with Gasteiger partial charge in [0.25, 0.3) is 0 Å². The number of methoxy groups -OCH3 is 1. The minimum absolute atomic E-state index is 0.308. The first-order valence-electron chi connectivity index (χ1n) is 11.5. The van der Waals surface area contributed by atoms with Crippen LogP contribution >= 0.6 is 0 Å². The maximum atomic E-state index is 5.93. The lowest BCUT2D eigenvalue weighted by atomic mass is 9.96. The van der Waals surface area contributed by atoms with Gasteiger partial charge in [0.15, 0.2) is 17.3 Å². The predicted molar refractivity (Wildman–Crippen MR) is 132 cm³/mol. The summed E-state index contributed by atoms with van der Waals surface area (Å²) in [5.41, 5.74) is 4.33. The monoisotopic (exact) mass is 450 g/mol. The van der Waals surface area contributed by atoms with E-state index < -0.39 is 0 Å². The van der Waals surface area contributed by atoms with E-state index in [2.05, 4.69) is 47.6 Å². The van der Waals surface area contributed by atoms with E-state index in [1.54, 1.807) is 7.11 Å². The van der Waals surface area contributed by atoms with Crippen LogP contribution in [0.1, 0.15) is 42.9 Å². The zero-order chi connectivity index (χ0) is 23.4. The number of amidine groups is 1. The Morgan fingerprint density at radius 3 is 2.61 bits per heavy atom. The molecular formula is C26H34N4O3. The van der Waals surface area contributed by atoms with Gasteiger partial charge in [0, 0.05) is 38.3 Å². The molecule has 0 saturated carbocycles. The number of hydrogen-bond acceptors (Lipinski definition) is 6. The fourth-order valence-corrected chi connectivity index (χ4v) is 4.62. The van der Waals surface area contributed by atoms with Crippen molar-refractivity contribution in [2.75, 3.05) is 34.0 Å². The summed E-state index contributed by atoms with van der Waals surface area (Å²) in [6.07, 6.45) is 2.93. The Labute approximate surface area is 196 Å². The minimum atomic E-state index is 0.308. The van der Waals surface area contributed by atoms with Gasteiger partial charge >= 0.3 is 0 Å². The van der Waals surface area contributed by atoms with Crippen LogP contribution in [0.5, 0.6) is 17.2 Å². The van der Waals surface area contributed by atoms with Crippen LogP contribution in [0.3, 0.4) is 0 Å². The molecule has 0 radical (unpaired) electrons. The van der Waals surface area contributed by atoms with Crippen molar-refractivity contribution < 1.29 is 14.2 Å². The normalized spacial score (nSPS) is 16.6. The summed E-state index contributed by atoms with van der Waals surface area (Å²) in [7, 11) is 3.76. The first-order chi connectivity index (χ1) is 16.0. The second-order valence-corrected chi connectivity index (χ2v) is 8.63. The second-order valence-electron chi connectivity index (χ2n) is 8.63. The van der Waals surface area contributed by atoms with Crippen LogP contribution in [0.4, 0.5) is 0 Å². The van der Waals surface area contributed by atoms with E-state index in [1.807, 2.05) is 24.3 Å². The number of ether oxygens (including phenoxy) is 3. The number of hydrazone groups is 1. The maximum absolute atomic E-state index is 5.93. The van der Waals surface area contributed by atoms with E-state index in [0.29, 0.717) is 12.8 Å². The zero-order valence-electron chi connectivity index (χ0n) is 19.8. The molecule has 4 rings (SSSR count). The van der Waals surface area contributed by atoms with Crippen molar-refractivity contribution in [2.24, 2.45) is 10.9 Å². The highest BCUT2D eigenvalue weighted by Crippen LogP contribution is 2.33. The van der Waals surface area contributed by atoms with Gasteiger partial charge in [-0.2, -0.15) is 5.10 Å². The Hall–Kier alpha value is -3.19. The van der Waals surface area contributed by atoms with Crippen molar-refractivity contribution in [3.63, 3.8) is 0 Å². The molecule has 0 aromatic heterocycles. The van der Waals surface area contributed by atoms with Crippen molar-refractivity contribution in [1.29, 1.82) is 0 Å². The second kappa shape index (κ2) is 10.2. The average molecular weight is 451 g/mol. The Bertz CT molecular complexity index is 1030. The number of nitrogens with two attached hydrogens (primary N) is 1. The molecule has 7 heteroatoms. The standard InChI is InChI=1S/C26H34N4O3/c1-5-18(2)22-8-7-21(31-4)15-23(22)26(28-27)29(3)20-10-12-30(13-11-20)16-19-6-9-24-25(14-19)33-17-32-24/h6-9,14-15,20H,2,5,10-13,16-17,27H2,1,3-4H3/b28-26+. The SMILES string of the molecule is C=C(CC)c1ccc(OC)cc1/C(=N\N)N(C)C1CCN(Cc2ccc3c(c2)OCO3)CC1. The first-order valence-corrected chi connectivity index (χ1v) is 11.5. The number of likely N-dealkylation sites (tertiary alicyclic amines) is 1. The van der Waals surface area contributed by atoms with Crippen LogP contribution in [0.2, 0.25) is 0 Å². The van der Waals surface area contributed by atoms with Gasteiger partial charge in [0.05, 0.1) is 7.11 Å². The van der Waals surface area contributed by atoms with Gasteiger partial charge in [-0.15, -0.1) is 0 Å². The molecule has 2 aliphatic rings. The molecule has 2 N–H and O–H groups in total. The molecule has 7 nitrogen and oxygen atoms in total. The highest BCUT2D eigenvalue weighted by Gasteiger charge is 2.27. The van der Waals surface area contributed by atoms with E-state index >= 15 is 0 Å². The largest absolute Gasteiger partial charge is 0.497 e.